The fraction of sp³-hybridized carbons (Fsp3) is 0.526. The maximum atomic E-state index is 12.3. The van der Waals surface area contributed by atoms with Gasteiger partial charge in [0.05, 0.1) is 7.11 Å². The van der Waals surface area contributed by atoms with E-state index in [0.29, 0.717) is 0 Å². The number of hydrogen-bond donors (Lipinski definition) is 0. The molecular weight excluding hydrogens is 304 g/mol. The van der Waals surface area contributed by atoms with Gasteiger partial charge in [-0.3, -0.25) is 9.69 Å². The Morgan fingerprint density at radius 2 is 2.08 bits per heavy atom. The van der Waals surface area contributed by atoms with E-state index in [0.717, 1.165) is 63.5 Å². The zero-order valence-electron chi connectivity index (χ0n) is 14.3. The van der Waals surface area contributed by atoms with Gasteiger partial charge in [0, 0.05) is 44.9 Å². The standard InChI is InChI=1S/C19H26N2O3/c1-23-17-8-3-2-6-16(17)7-4-10-20-11-13-21(14-12-20)19(22)18-9-5-15-24-18/h2-4,6-8,18H,5,9-15H2,1H3/b7-4+/t18-/m0/s1. The van der Waals surface area contributed by atoms with Gasteiger partial charge in [0.2, 0.25) is 0 Å². The van der Waals surface area contributed by atoms with Gasteiger partial charge in [-0.2, -0.15) is 0 Å². The first-order valence-electron chi connectivity index (χ1n) is 8.70. The number of carbonyl (C=O) groups excluding carboxylic acids is 1. The Hall–Kier alpha value is -1.85. The van der Waals surface area contributed by atoms with Crippen molar-refractivity contribution in [1.82, 2.24) is 9.80 Å². The van der Waals surface area contributed by atoms with E-state index in [1.165, 1.54) is 0 Å². The number of piperazine rings is 1. The molecule has 0 N–H and O–H groups in total. The number of nitrogens with zero attached hydrogens (tertiary/aromatic N) is 2. The van der Waals surface area contributed by atoms with Crippen molar-refractivity contribution in [2.45, 2.75) is 18.9 Å². The molecule has 24 heavy (non-hydrogen) atoms. The smallest absolute Gasteiger partial charge is 0.251 e. The second-order valence-electron chi connectivity index (χ2n) is 6.27. The Kier molecular flexibility index (Phi) is 5.88. The van der Waals surface area contributed by atoms with Crippen molar-refractivity contribution in [1.29, 1.82) is 0 Å². The van der Waals surface area contributed by atoms with Gasteiger partial charge < -0.3 is 14.4 Å². The molecule has 2 heterocycles. The summed E-state index contributed by atoms with van der Waals surface area (Å²) < 4.78 is 10.9. The molecular formula is C19H26N2O3. The highest BCUT2D eigenvalue weighted by atomic mass is 16.5. The number of rotatable bonds is 5. The lowest BCUT2D eigenvalue weighted by Gasteiger charge is -2.35. The first-order valence-corrected chi connectivity index (χ1v) is 8.70. The summed E-state index contributed by atoms with van der Waals surface area (Å²) in [5.74, 6) is 1.07. The molecule has 0 bridgehead atoms. The van der Waals surface area contributed by atoms with Crippen LogP contribution in [-0.4, -0.2) is 68.3 Å². The minimum absolute atomic E-state index is 0.178. The second kappa shape index (κ2) is 8.31. The molecule has 2 aliphatic heterocycles. The zero-order valence-corrected chi connectivity index (χ0v) is 14.3. The monoisotopic (exact) mass is 330 g/mol. The second-order valence-corrected chi connectivity index (χ2v) is 6.27. The average Bonchev–Trinajstić information content (AvgIpc) is 3.17. The van der Waals surface area contributed by atoms with E-state index in [9.17, 15) is 4.79 Å². The van der Waals surface area contributed by atoms with Gasteiger partial charge in [0.25, 0.3) is 5.91 Å². The van der Waals surface area contributed by atoms with Crippen LogP contribution in [0.15, 0.2) is 30.3 Å². The lowest BCUT2D eigenvalue weighted by Crippen LogP contribution is -2.51. The third kappa shape index (κ3) is 4.16. The first-order chi connectivity index (χ1) is 11.8. The van der Waals surface area contributed by atoms with E-state index in [-0.39, 0.29) is 12.0 Å². The number of carbonyl (C=O) groups is 1. The highest BCUT2D eigenvalue weighted by Crippen LogP contribution is 2.19. The van der Waals surface area contributed by atoms with Crippen LogP contribution in [0.3, 0.4) is 0 Å². The third-order valence-corrected chi connectivity index (χ3v) is 4.69. The molecule has 5 nitrogen and oxygen atoms in total. The number of para-hydroxylation sites is 1. The van der Waals surface area contributed by atoms with Crippen molar-refractivity contribution >= 4 is 12.0 Å². The van der Waals surface area contributed by atoms with E-state index in [4.69, 9.17) is 9.47 Å². The molecule has 0 saturated carbocycles. The first kappa shape index (κ1) is 17.0. The summed E-state index contributed by atoms with van der Waals surface area (Å²) in [5, 5.41) is 0. The van der Waals surface area contributed by atoms with Gasteiger partial charge in [0.1, 0.15) is 11.9 Å². The van der Waals surface area contributed by atoms with Crippen molar-refractivity contribution in [2.75, 3.05) is 46.4 Å². The third-order valence-electron chi connectivity index (χ3n) is 4.69. The lowest BCUT2D eigenvalue weighted by atomic mass is 10.2. The largest absolute Gasteiger partial charge is 0.496 e. The molecule has 5 heteroatoms. The van der Waals surface area contributed by atoms with Crippen molar-refractivity contribution in [3.63, 3.8) is 0 Å². The number of amides is 1. The maximum Gasteiger partial charge on any atom is 0.251 e. The molecule has 1 aromatic carbocycles. The van der Waals surface area contributed by atoms with Gasteiger partial charge in [-0.05, 0) is 18.9 Å². The maximum absolute atomic E-state index is 12.3. The van der Waals surface area contributed by atoms with Crippen molar-refractivity contribution < 1.29 is 14.3 Å². The molecule has 3 rings (SSSR count). The molecule has 1 atom stereocenters. The molecule has 2 fully saturated rings. The van der Waals surface area contributed by atoms with Crippen LogP contribution >= 0.6 is 0 Å². The molecule has 130 valence electrons. The minimum atomic E-state index is -0.193. The van der Waals surface area contributed by atoms with E-state index in [1.807, 2.05) is 29.2 Å². The van der Waals surface area contributed by atoms with Gasteiger partial charge in [-0.15, -0.1) is 0 Å². The van der Waals surface area contributed by atoms with Crippen LogP contribution in [0.5, 0.6) is 5.75 Å². The summed E-state index contributed by atoms with van der Waals surface area (Å²) in [6.07, 6.45) is 5.95. The Labute approximate surface area is 143 Å². The summed E-state index contributed by atoms with van der Waals surface area (Å²) in [6, 6.07) is 8.00. The summed E-state index contributed by atoms with van der Waals surface area (Å²) in [6.45, 7) is 5.02. The normalized spacial score (nSPS) is 22.2. The molecule has 0 unspecified atom stereocenters. The predicted octanol–water partition coefficient (Wildman–Crippen LogP) is 2.03. The van der Waals surface area contributed by atoms with Crippen LogP contribution in [0.2, 0.25) is 0 Å². The Morgan fingerprint density at radius 1 is 1.29 bits per heavy atom. The van der Waals surface area contributed by atoms with Crippen molar-refractivity contribution in [3.8, 4) is 5.75 Å². The molecule has 2 aliphatic rings. The van der Waals surface area contributed by atoms with Crippen LogP contribution < -0.4 is 4.74 Å². The Bertz CT molecular complexity index is 574. The number of benzene rings is 1. The average molecular weight is 330 g/mol. The molecule has 1 aromatic rings. The van der Waals surface area contributed by atoms with Crippen LogP contribution in [0.25, 0.3) is 6.08 Å². The Morgan fingerprint density at radius 3 is 2.79 bits per heavy atom. The predicted molar refractivity (Wildman–Crippen MR) is 94.0 cm³/mol. The number of methoxy groups -OCH3 is 1. The molecule has 2 saturated heterocycles. The Balaban J connectivity index is 1.45. The van der Waals surface area contributed by atoms with E-state index < -0.39 is 0 Å². The number of ether oxygens (including phenoxy) is 2. The van der Waals surface area contributed by atoms with Crippen molar-refractivity contribution in [3.05, 3.63) is 35.9 Å². The summed E-state index contributed by atoms with van der Waals surface area (Å²) in [7, 11) is 1.69. The van der Waals surface area contributed by atoms with Gasteiger partial charge in [0.15, 0.2) is 0 Å². The van der Waals surface area contributed by atoms with Crippen LogP contribution in [0.1, 0.15) is 18.4 Å². The molecule has 0 radical (unpaired) electrons. The minimum Gasteiger partial charge on any atom is -0.496 e. The van der Waals surface area contributed by atoms with E-state index in [2.05, 4.69) is 17.1 Å². The van der Waals surface area contributed by atoms with Crippen LogP contribution in [0.4, 0.5) is 0 Å². The molecule has 1 amide bonds. The molecule has 0 spiro atoms. The molecule has 0 aromatic heterocycles. The van der Waals surface area contributed by atoms with E-state index in [1.54, 1.807) is 7.11 Å². The highest BCUT2D eigenvalue weighted by Gasteiger charge is 2.29. The highest BCUT2D eigenvalue weighted by molar-refractivity contribution is 5.81. The lowest BCUT2D eigenvalue weighted by molar-refractivity contribution is -0.142. The van der Waals surface area contributed by atoms with E-state index >= 15 is 0 Å². The zero-order chi connectivity index (χ0) is 16.8. The fourth-order valence-electron chi connectivity index (χ4n) is 3.26. The van der Waals surface area contributed by atoms with Crippen molar-refractivity contribution in [2.24, 2.45) is 0 Å². The topological polar surface area (TPSA) is 42.0 Å². The summed E-state index contributed by atoms with van der Waals surface area (Å²) in [4.78, 5) is 16.7. The number of hydrogen-bond acceptors (Lipinski definition) is 4. The SMILES string of the molecule is COc1ccccc1/C=C/CN1CCN(C(=O)[C@@H]2CCCO2)CC1. The van der Waals surface area contributed by atoms with Crippen LogP contribution in [-0.2, 0) is 9.53 Å². The molecule has 0 aliphatic carbocycles. The quantitative estimate of drug-likeness (QED) is 0.828. The van der Waals surface area contributed by atoms with Gasteiger partial charge in [-0.25, -0.2) is 0 Å². The van der Waals surface area contributed by atoms with Gasteiger partial charge in [-0.1, -0.05) is 30.4 Å². The van der Waals surface area contributed by atoms with Gasteiger partial charge >= 0.3 is 0 Å². The fourth-order valence-corrected chi connectivity index (χ4v) is 3.26. The summed E-state index contributed by atoms with van der Waals surface area (Å²) in [5.41, 5.74) is 1.09. The van der Waals surface area contributed by atoms with Crippen LogP contribution in [0, 0.1) is 0 Å². The summed E-state index contributed by atoms with van der Waals surface area (Å²) >= 11 is 0.